The number of rotatable bonds is 6. The number of hydrogen-bond acceptors (Lipinski definition) is 3. The van der Waals surface area contributed by atoms with Crippen LogP contribution in [0.3, 0.4) is 0 Å². The minimum absolute atomic E-state index is 0.102. The van der Waals surface area contributed by atoms with E-state index in [0.717, 1.165) is 15.6 Å². The van der Waals surface area contributed by atoms with Gasteiger partial charge in [0.15, 0.2) is 11.5 Å². The lowest BCUT2D eigenvalue weighted by atomic mass is 10.1. The first-order valence-corrected chi connectivity index (χ1v) is 8.34. The molecule has 0 fully saturated rings. The molecule has 2 aromatic rings. The van der Waals surface area contributed by atoms with E-state index in [1.807, 2.05) is 49.4 Å². The molecule has 128 valence electrons. The summed E-state index contributed by atoms with van der Waals surface area (Å²) in [5.41, 5.74) is 1.88. The summed E-state index contributed by atoms with van der Waals surface area (Å²) < 4.78 is 11.6. The molecule has 1 unspecified atom stereocenters. The molecule has 2 rings (SSSR count). The summed E-state index contributed by atoms with van der Waals surface area (Å²) in [6, 6.07) is 13.1. The number of hydrogen-bond donors (Lipinski definition) is 2. The van der Waals surface area contributed by atoms with E-state index in [4.69, 9.17) is 9.47 Å². The van der Waals surface area contributed by atoms with Gasteiger partial charge in [-0.15, -0.1) is 0 Å². The van der Waals surface area contributed by atoms with Crippen molar-refractivity contribution in [3.05, 3.63) is 58.1 Å². The molecular formula is C18H21BrN2O3. The SMILES string of the molecule is COc1cccc(CNC(=O)NC(C)c2cccc(Br)c2)c1OC. The van der Waals surface area contributed by atoms with Crippen LogP contribution < -0.4 is 20.1 Å². The van der Waals surface area contributed by atoms with E-state index >= 15 is 0 Å². The molecule has 0 saturated heterocycles. The number of nitrogens with one attached hydrogen (secondary N) is 2. The van der Waals surface area contributed by atoms with Crippen LogP contribution in [0, 0.1) is 0 Å². The number of amides is 2. The summed E-state index contributed by atoms with van der Waals surface area (Å²) in [6.45, 7) is 2.28. The van der Waals surface area contributed by atoms with Gasteiger partial charge in [-0.05, 0) is 30.7 Å². The zero-order valence-corrected chi connectivity index (χ0v) is 15.5. The average Bonchev–Trinajstić information content (AvgIpc) is 2.59. The summed E-state index contributed by atoms with van der Waals surface area (Å²) in [7, 11) is 3.16. The van der Waals surface area contributed by atoms with Crippen molar-refractivity contribution >= 4 is 22.0 Å². The van der Waals surface area contributed by atoms with Crippen molar-refractivity contribution in [2.75, 3.05) is 14.2 Å². The first-order valence-electron chi connectivity index (χ1n) is 7.55. The van der Waals surface area contributed by atoms with Crippen molar-refractivity contribution in [3.63, 3.8) is 0 Å². The van der Waals surface area contributed by atoms with Crippen LogP contribution in [-0.4, -0.2) is 20.3 Å². The standard InChI is InChI=1S/C18H21BrN2O3/c1-12(13-6-4-8-15(19)10-13)21-18(22)20-11-14-7-5-9-16(23-2)17(14)24-3/h4-10,12H,11H2,1-3H3,(H2,20,21,22). The molecule has 5 nitrogen and oxygen atoms in total. The van der Waals surface area contributed by atoms with Gasteiger partial charge < -0.3 is 20.1 Å². The lowest BCUT2D eigenvalue weighted by Crippen LogP contribution is -2.36. The van der Waals surface area contributed by atoms with Crippen molar-refractivity contribution in [2.24, 2.45) is 0 Å². The van der Waals surface area contributed by atoms with Crippen molar-refractivity contribution in [3.8, 4) is 11.5 Å². The Bertz CT molecular complexity index is 706. The Kier molecular flexibility index (Phi) is 6.49. The first kappa shape index (κ1) is 18.1. The Balaban J connectivity index is 1.96. The van der Waals surface area contributed by atoms with Crippen molar-refractivity contribution in [1.29, 1.82) is 0 Å². The van der Waals surface area contributed by atoms with Crippen LogP contribution in [0.4, 0.5) is 4.79 Å². The minimum Gasteiger partial charge on any atom is -0.493 e. The number of methoxy groups -OCH3 is 2. The lowest BCUT2D eigenvalue weighted by Gasteiger charge is -2.17. The Morgan fingerprint density at radius 1 is 1.17 bits per heavy atom. The van der Waals surface area contributed by atoms with Crippen LogP contribution in [-0.2, 0) is 6.54 Å². The third-order valence-electron chi connectivity index (χ3n) is 3.62. The topological polar surface area (TPSA) is 59.6 Å². The van der Waals surface area contributed by atoms with Crippen LogP contribution in [0.1, 0.15) is 24.1 Å². The highest BCUT2D eigenvalue weighted by Crippen LogP contribution is 2.30. The molecule has 0 aliphatic carbocycles. The number of ether oxygens (including phenoxy) is 2. The molecule has 2 amide bonds. The zero-order valence-electron chi connectivity index (χ0n) is 13.9. The van der Waals surface area contributed by atoms with Gasteiger partial charge in [-0.3, -0.25) is 0 Å². The Labute approximate surface area is 150 Å². The summed E-state index contributed by atoms with van der Waals surface area (Å²) >= 11 is 3.43. The van der Waals surface area contributed by atoms with Gasteiger partial charge in [0.25, 0.3) is 0 Å². The van der Waals surface area contributed by atoms with Gasteiger partial charge in [-0.2, -0.15) is 0 Å². The number of benzene rings is 2. The predicted octanol–water partition coefficient (Wildman–Crippen LogP) is 4.03. The molecule has 1 atom stereocenters. The smallest absolute Gasteiger partial charge is 0.315 e. The van der Waals surface area contributed by atoms with Crippen molar-refractivity contribution in [1.82, 2.24) is 10.6 Å². The van der Waals surface area contributed by atoms with Crippen LogP contribution in [0.5, 0.6) is 11.5 Å². The Morgan fingerprint density at radius 2 is 1.92 bits per heavy atom. The fourth-order valence-corrected chi connectivity index (χ4v) is 2.79. The maximum Gasteiger partial charge on any atom is 0.315 e. The molecule has 2 aromatic carbocycles. The molecule has 0 radical (unpaired) electrons. The van der Waals surface area contributed by atoms with Gasteiger partial charge in [-0.25, -0.2) is 4.79 Å². The number of halogens is 1. The number of urea groups is 1. The highest BCUT2D eigenvalue weighted by atomic mass is 79.9. The van der Waals surface area contributed by atoms with E-state index in [1.54, 1.807) is 14.2 Å². The second-order valence-corrected chi connectivity index (χ2v) is 6.17. The van der Waals surface area contributed by atoms with E-state index in [2.05, 4.69) is 26.6 Å². The third-order valence-corrected chi connectivity index (χ3v) is 4.11. The molecule has 2 N–H and O–H groups in total. The van der Waals surface area contributed by atoms with Gasteiger partial charge >= 0.3 is 6.03 Å². The predicted molar refractivity (Wildman–Crippen MR) is 97.5 cm³/mol. The van der Waals surface area contributed by atoms with Gasteiger partial charge in [0.05, 0.1) is 20.3 Å². The molecule has 6 heteroatoms. The number of carbonyl (C=O) groups excluding carboxylic acids is 1. The molecule has 0 aliphatic heterocycles. The lowest BCUT2D eigenvalue weighted by molar-refractivity contribution is 0.237. The highest BCUT2D eigenvalue weighted by Gasteiger charge is 2.12. The summed E-state index contributed by atoms with van der Waals surface area (Å²) in [5.74, 6) is 1.26. The first-order chi connectivity index (χ1) is 11.5. The van der Waals surface area contributed by atoms with Gasteiger partial charge in [0.2, 0.25) is 0 Å². The van der Waals surface area contributed by atoms with Crippen molar-refractivity contribution < 1.29 is 14.3 Å². The molecule has 0 spiro atoms. The zero-order chi connectivity index (χ0) is 17.5. The second-order valence-electron chi connectivity index (χ2n) is 5.26. The molecule has 0 heterocycles. The van der Waals surface area contributed by atoms with E-state index in [9.17, 15) is 4.79 Å². The van der Waals surface area contributed by atoms with Gasteiger partial charge in [0.1, 0.15) is 0 Å². The maximum atomic E-state index is 12.1. The van der Waals surface area contributed by atoms with Crippen LogP contribution in [0.15, 0.2) is 46.9 Å². The summed E-state index contributed by atoms with van der Waals surface area (Å²) in [4.78, 5) is 12.1. The fraction of sp³-hybridized carbons (Fsp3) is 0.278. The van der Waals surface area contributed by atoms with Crippen LogP contribution >= 0.6 is 15.9 Å². The summed E-state index contributed by atoms with van der Waals surface area (Å²) in [5, 5.41) is 5.76. The Hall–Kier alpha value is -2.21. The normalized spacial score (nSPS) is 11.5. The molecule has 24 heavy (non-hydrogen) atoms. The quantitative estimate of drug-likeness (QED) is 0.779. The monoisotopic (exact) mass is 392 g/mol. The largest absolute Gasteiger partial charge is 0.493 e. The fourth-order valence-electron chi connectivity index (χ4n) is 2.38. The minimum atomic E-state index is -0.243. The van der Waals surface area contributed by atoms with E-state index in [1.165, 1.54) is 0 Å². The van der Waals surface area contributed by atoms with E-state index < -0.39 is 0 Å². The second kappa shape index (κ2) is 8.59. The van der Waals surface area contributed by atoms with Crippen LogP contribution in [0.25, 0.3) is 0 Å². The molecule has 0 bridgehead atoms. The molecule has 0 aliphatic rings. The highest BCUT2D eigenvalue weighted by molar-refractivity contribution is 9.10. The van der Waals surface area contributed by atoms with E-state index in [0.29, 0.717) is 18.0 Å². The molecular weight excluding hydrogens is 372 g/mol. The molecule has 0 saturated carbocycles. The van der Waals surface area contributed by atoms with E-state index in [-0.39, 0.29) is 12.1 Å². The van der Waals surface area contributed by atoms with Crippen LogP contribution in [0.2, 0.25) is 0 Å². The Morgan fingerprint density at radius 3 is 2.58 bits per heavy atom. The van der Waals surface area contributed by atoms with Crippen molar-refractivity contribution in [2.45, 2.75) is 19.5 Å². The van der Waals surface area contributed by atoms with Gasteiger partial charge in [-0.1, -0.05) is 40.2 Å². The number of para-hydroxylation sites is 1. The third kappa shape index (κ3) is 4.64. The van der Waals surface area contributed by atoms with Gasteiger partial charge in [0, 0.05) is 16.6 Å². The average molecular weight is 393 g/mol. The number of carbonyl (C=O) groups is 1. The summed E-state index contributed by atoms with van der Waals surface area (Å²) in [6.07, 6.45) is 0. The maximum absolute atomic E-state index is 12.1. The molecule has 0 aromatic heterocycles.